The van der Waals surface area contributed by atoms with Gasteiger partial charge in [-0.2, -0.15) is 0 Å². The van der Waals surface area contributed by atoms with Crippen LogP contribution in [0.5, 0.6) is 0 Å². The van der Waals surface area contributed by atoms with E-state index in [0.29, 0.717) is 15.2 Å². The molecule has 134 valence electrons. The fourth-order valence-corrected chi connectivity index (χ4v) is 4.27. The van der Waals surface area contributed by atoms with E-state index >= 15 is 0 Å². The van der Waals surface area contributed by atoms with Gasteiger partial charge in [-0.25, -0.2) is 8.42 Å². The maximum absolute atomic E-state index is 12.2. The Morgan fingerprint density at radius 1 is 1.04 bits per heavy atom. The molecule has 3 rings (SSSR count). The molecule has 0 saturated carbocycles. The van der Waals surface area contributed by atoms with Gasteiger partial charge in [-0.05, 0) is 24.3 Å². The maximum Gasteiger partial charge on any atom is 0.227 e. The van der Waals surface area contributed by atoms with E-state index < -0.39 is 15.7 Å². The lowest BCUT2D eigenvalue weighted by Crippen LogP contribution is -2.17. The van der Waals surface area contributed by atoms with E-state index in [1.165, 1.54) is 35.6 Å². The van der Waals surface area contributed by atoms with E-state index in [1.54, 1.807) is 0 Å². The van der Waals surface area contributed by atoms with Gasteiger partial charge in [0.25, 0.3) is 0 Å². The number of sulfone groups is 1. The van der Waals surface area contributed by atoms with Crippen LogP contribution >= 0.6 is 22.9 Å². The van der Waals surface area contributed by atoms with Crippen molar-refractivity contribution in [2.45, 2.75) is 11.3 Å². The Kier molecular flexibility index (Phi) is 5.65. The molecule has 0 aliphatic carbocycles. The monoisotopic (exact) mass is 407 g/mol. The van der Waals surface area contributed by atoms with Crippen molar-refractivity contribution in [3.63, 3.8) is 0 Å². The van der Waals surface area contributed by atoms with E-state index in [9.17, 15) is 13.2 Å². The minimum absolute atomic E-state index is 0.136. The van der Waals surface area contributed by atoms with E-state index in [1.807, 2.05) is 30.3 Å². The van der Waals surface area contributed by atoms with Crippen molar-refractivity contribution in [1.82, 2.24) is 10.2 Å². The van der Waals surface area contributed by atoms with Gasteiger partial charge in [-0.3, -0.25) is 4.79 Å². The first-order valence-electron chi connectivity index (χ1n) is 7.61. The zero-order valence-electron chi connectivity index (χ0n) is 13.4. The minimum atomic E-state index is -3.55. The minimum Gasteiger partial charge on any atom is -0.300 e. The third kappa shape index (κ3) is 4.66. The molecule has 0 bridgehead atoms. The number of benzene rings is 2. The zero-order valence-corrected chi connectivity index (χ0v) is 15.8. The number of amides is 1. The van der Waals surface area contributed by atoms with Crippen LogP contribution < -0.4 is 5.32 Å². The Bertz CT molecular complexity index is 1000. The van der Waals surface area contributed by atoms with Crippen molar-refractivity contribution in [3.05, 3.63) is 59.6 Å². The summed E-state index contributed by atoms with van der Waals surface area (Å²) in [5, 5.41) is 12.0. The van der Waals surface area contributed by atoms with Crippen molar-refractivity contribution in [2.75, 3.05) is 11.1 Å². The average molecular weight is 408 g/mol. The molecular weight excluding hydrogens is 394 g/mol. The van der Waals surface area contributed by atoms with Crippen molar-refractivity contribution in [2.24, 2.45) is 0 Å². The number of anilines is 1. The van der Waals surface area contributed by atoms with Gasteiger partial charge < -0.3 is 5.32 Å². The third-order valence-corrected chi connectivity index (χ3v) is 6.33. The van der Waals surface area contributed by atoms with Crippen LogP contribution in [0.25, 0.3) is 10.6 Å². The second kappa shape index (κ2) is 7.94. The van der Waals surface area contributed by atoms with Gasteiger partial charge in [0.05, 0.1) is 10.6 Å². The predicted octanol–water partition coefficient (Wildman–Crippen LogP) is 3.66. The van der Waals surface area contributed by atoms with Gasteiger partial charge in [0.15, 0.2) is 9.84 Å². The Balaban J connectivity index is 1.59. The predicted molar refractivity (Wildman–Crippen MR) is 102 cm³/mol. The molecule has 0 atom stereocenters. The number of carbonyl (C=O) groups excluding carboxylic acids is 1. The fraction of sp³-hybridized carbons (Fsp3) is 0.118. The van der Waals surface area contributed by atoms with Crippen molar-refractivity contribution in [1.29, 1.82) is 0 Å². The molecule has 9 heteroatoms. The van der Waals surface area contributed by atoms with Gasteiger partial charge in [-0.1, -0.05) is 53.3 Å². The van der Waals surface area contributed by atoms with Gasteiger partial charge in [0.2, 0.25) is 11.0 Å². The molecule has 0 fully saturated rings. The first-order chi connectivity index (χ1) is 12.4. The second-order valence-electron chi connectivity index (χ2n) is 5.35. The van der Waals surface area contributed by atoms with Crippen LogP contribution in [-0.4, -0.2) is 30.3 Å². The summed E-state index contributed by atoms with van der Waals surface area (Å²) in [6.07, 6.45) is -0.175. The van der Waals surface area contributed by atoms with Gasteiger partial charge in [-0.15, -0.1) is 10.2 Å². The highest BCUT2D eigenvalue weighted by atomic mass is 35.5. The highest BCUT2D eigenvalue weighted by molar-refractivity contribution is 7.91. The summed E-state index contributed by atoms with van der Waals surface area (Å²) in [4.78, 5) is 12.2. The summed E-state index contributed by atoms with van der Waals surface area (Å²) in [6, 6.07) is 15.3. The average Bonchev–Trinajstić information content (AvgIpc) is 3.10. The van der Waals surface area contributed by atoms with E-state index in [-0.39, 0.29) is 17.1 Å². The molecule has 26 heavy (non-hydrogen) atoms. The summed E-state index contributed by atoms with van der Waals surface area (Å²) >= 11 is 6.98. The number of nitrogens with zero attached hydrogens (tertiary/aromatic N) is 2. The summed E-state index contributed by atoms with van der Waals surface area (Å²) in [5.74, 6) is -0.733. The normalized spacial score (nSPS) is 11.3. The van der Waals surface area contributed by atoms with Gasteiger partial charge in [0, 0.05) is 17.0 Å². The lowest BCUT2D eigenvalue weighted by Gasteiger charge is -2.04. The molecule has 1 N–H and O–H groups in total. The number of halogens is 1. The van der Waals surface area contributed by atoms with Crippen LogP contribution in [0.3, 0.4) is 0 Å². The number of nitrogens with one attached hydrogen (secondary N) is 1. The number of hydrogen-bond donors (Lipinski definition) is 1. The van der Waals surface area contributed by atoms with Crippen molar-refractivity contribution < 1.29 is 13.2 Å². The van der Waals surface area contributed by atoms with Gasteiger partial charge in [0.1, 0.15) is 5.01 Å². The van der Waals surface area contributed by atoms with Crippen LogP contribution in [0.15, 0.2) is 59.5 Å². The Labute approximate surface area is 159 Å². The standard InChI is InChI=1S/C17H14ClN3O3S2/c18-13-6-8-14(9-7-13)26(23,24)11-10-15(22)19-17-21-20-16(25-17)12-4-2-1-3-5-12/h1-9H,10-11H2,(H,19,21,22). The molecule has 3 aromatic rings. The van der Waals surface area contributed by atoms with Crippen LogP contribution in [0.2, 0.25) is 5.02 Å². The Morgan fingerprint density at radius 3 is 2.42 bits per heavy atom. The van der Waals surface area contributed by atoms with Crippen molar-refractivity contribution in [3.8, 4) is 10.6 Å². The van der Waals surface area contributed by atoms with Gasteiger partial charge >= 0.3 is 0 Å². The topological polar surface area (TPSA) is 89.0 Å². The van der Waals surface area contributed by atoms with Crippen molar-refractivity contribution >= 4 is 43.8 Å². The molecule has 0 spiro atoms. The lowest BCUT2D eigenvalue weighted by molar-refractivity contribution is -0.115. The molecule has 1 heterocycles. The van der Waals surface area contributed by atoms with Crippen LogP contribution in [0.4, 0.5) is 5.13 Å². The number of hydrogen-bond acceptors (Lipinski definition) is 6. The molecule has 0 aliphatic heterocycles. The summed E-state index contributed by atoms with van der Waals surface area (Å²) < 4.78 is 24.5. The van der Waals surface area contributed by atoms with Crippen LogP contribution in [0.1, 0.15) is 6.42 Å². The molecule has 6 nitrogen and oxygen atoms in total. The molecule has 1 amide bonds. The van der Waals surface area contributed by atoms with Crippen LogP contribution in [0, 0.1) is 0 Å². The van der Waals surface area contributed by atoms with Crippen LogP contribution in [-0.2, 0) is 14.6 Å². The molecule has 0 saturated heterocycles. The number of aromatic nitrogens is 2. The number of rotatable bonds is 6. The maximum atomic E-state index is 12.2. The quantitative estimate of drug-likeness (QED) is 0.673. The Hall–Kier alpha value is -2.29. The lowest BCUT2D eigenvalue weighted by atomic mass is 10.2. The molecule has 0 radical (unpaired) electrons. The van der Waals surface area contributed by atoms with E-state index in [4.69, 9.17) is 11.6 Å². The smallest absolute Gasteiger partial charge is 0.227 e. The largest absolute Gasteiger partial charge is 0.300 e. The number of carbonyl (C=O) groups is 1. The Morgan fingerprint density at radius 2 is 1.73 bits per heavy atom. The zero-order chi connectivity index (χ0) is 18.6. The third-order valence-electron chi connectivity index (χ3n) is 3.46. The summed E-state index contributed by atoms with van der Waals surface area (Å²) in [6.45, 7) is 0. The summed E-state index contributed by atoms with van der Waals surface area (Å²) in [7, 11) is -3.55. The molecule has 2 aromatic carbocycles. The first-order valence-corrected chi connectivity index (χ1v) is 10.5. The summed E-state index contributed by atoms with van der Waals surface area (Å²) in [5.41, 5.74) is 0.899. The molecular formula is C17H14ClN3O3S2. The highest BCUT2D eigenvalue weighted by Gasteiger charge is 2.17. The first kappa shape index (κ1) is 18.5. The molecule has 1 aromatic heterocycles. The highest BCUT2D eigenvalue weighted by Crippen LogP contribution is 2.26. The molecule has 0 aliphatic rings. The SMILES string of the molecule is O=C(CCS(=O)(=O)c1ccc(Cl)cc1)Nc1nnc(-c2ccccc2)s1. The second-order valence-corrected chi connectivity index (χ2v) is 8.87. The van der Waals surface area contributed by atoms with E-state index in [2.05, 4.69) is 15.5 Å². The fourth-order valence-electron chi connectivity index (χ4n) is 2.14. The van der Waals surface area contributed by atoms with E-state index in [0.717, 1.165) is 5.56 Å². The molecule has 0 unspecified atom stereocenters.